The van der Waals surface area contributed by atoms with Gasteiger partial charge in [-0.25, -0.2) is 14.3 Å². The lowest BCUT2D eigenvalue weighted by Crippen LogP contribution is -2.20. The Morgan fingerprint density at radius 3 is 3.19 bits per heavy atom. The largest absolute Gasteiger partial charge is 0.343 e. The maximum Gasteiger partial charge on any atom is 0.343 e. The van der Waals surface area contributed by atoms with Gasteiger partial charge in [-0.1, -0.05) is 0 Å². The van der Waals surface area contributed by atoms with Crippen molar-refractivity contribution >= 4 is 0 Å². The van der Waals surface area contributed by atoms with Gasteiger partial charge < -0.3 is 0 Å². The number of pyridine rings is 1. The molecule has 82 valence electrons. The number of hydrogen-bond donors (Lipinski definition) is 1. The fourth-order valence-electron chi connectivity index (χ4n) is 2.16. The topological polar surface area (TPSA) is 63.6 Å². The first-order valence-corrected chi connectivity index (χ1v) is 5.02. The minimum Gasteiger partial charge on any atom is -0.271 e. The third-order valence-electron chi connectivity index (χ3n) is 2.84. The maximum absolute atomic E-state index is 13.0. The van der Waals surface area contributed by atoms with Gasteiger partial charge in [0.05, 0.1) is 12.2 Å². The van der Waals surface area contributed by atoms with Gasteiger partial charge in [0.15, 0.2) is 0 Å². The first kappa shape index (κ1) is 9.26. The Bertz CT molecular complexity index is 589. The molecule has 2 aromatic heterocycles. The third kappa shape index (κ3) is 1.26. The number of halogens is 1. The standard InChI is InChI=1S/C10H9FN4O/c11-7-3-6(4-12-5-7)8-1-2-9-13-14-10(16)15(8)9/h3-5,8H,1-2H2,(H,14,16)/t8-/m0/s1. The second kappa shape index (κ2) is 3.26. The molecule has 0 aromatic carbocycles. The van der Waals surface area contributed by atoms with Crippen LogP contribution in [0, 0.1) is 5.82 Å². The first-order chi connectivity index (χ1) is 7.75. The number of nitrogens with one attached hydrogen (secondary N) is 1. The first-order valence-electron chi connectivity index (χ1n) is 5.02. The lowest BCUT2D eigenvalue weighted by molar-refractivity contribution is 0.576. The van der Waals surface area contributed by atoms with Crippen LogP contribution >= 0.6 is 0 Å². The Morgan fingerprint density at radius 1 is 1.50 bits per heavy atom. The van der Waals surface area contributed by atoms with Gasteiger partial charge in [-0.15, -0.1) is 0 Å². The van der Waals surface area contributed by atoms with E-state index >= 15 is 0 Å². The van der Waals surface area contributed by atoms with Crippen LogP contribution in [0.5, 0.6) is 0 Å². The van der Waals surface area contributed by atoms with Crippen LogP contribution in [0.4, 0.5) is 4.39 Å². The smallest absolute Gasteiger partial charge is 0.271 e. The highest BCUT2D eigenvalue weighted by Gasteiger charge is 2.27. The zero-order chi connectivity index (χ0) is 11.1. The Hall–Kier alpha value is -1.98. The van der Waals surface area contributed by atoms with Crippen molar-refractivity contribution in [3.05, 3.63) is 46.1 Å². The van der Waals surface area contributed by atoms with E-state index in [-0.39, 0.29) is 17.5 Å². The molecule has 0 saturated carbocycles. The molecule has 16 heavy (non-hydrogen) atoms. The molecule has 0 unspecified atom stereocenters. The quantitative estimate of drug-likeness (QED) is 0.767. The third-order valence-corrected chi connectivity index (χ3v) is 2.84. The van der Waals surface area contributed by atoms with E-state index in [2.05, 4.69) is 15.2 Å². The predicted octanol–water partition coefficient (Wildman–Crippen LogP) is 0.641. The molecule has 0 spiro atoms. The van der Waals surface area contributed by atoms with Crippen LogP contribution in [0.2, 0.25) is 0 Å². The number of H-pyrrole nitrogens is 1. The van der Waals surface area contributed by atoms with Crippen LogP contribution in [-0.2, 0) is 6.42 Å². The fourth-order valence-corrected chi connectivity index (χ4v) is 2.16. The molecule has 3 rings (SSSR count). The highest BCUT2D eigenvalue weighted by atomic mass is 19.1. The van der Waals surface area contributed by atoms with E-state index < -0.39 is 0 Å². The molecule has 0 aliphatic carbocycles. The number of aryl methyl sites for hydroxylation is 1. The molecule has 3 heterocycles. The Labute approximate surface area is 90.0 Å². The van der Waals surface area contributed by atoms with E-state index in [0.29, 0.717) is 5.56 Å². The van der Waals surface area contributed by atoms with Crippen molar-refractivity contribution in [1.82, 2.24) is 19.7 Å². The Morgan fingerprint density at radius 2 is 2.38 bits per heavy atom. The van der Waals surface area contributed by atoms with Crippen LogP contribution in [0.25, 0.3) is 0 Å². The molecule has 0 bridgehead atoms. The van der Waals surface area contributed by atoms with Crippen molar-refractivity contribution in [2.75, 3.05) is 0 Å². The van der Waals surface area contributed by atoms with E-state index in [4.69, 9.17) is 0 Å². The van der Waals surface area contributed by atoms with E-state index in [1.165, 1.54) is 6.07 Å². The van der Waals surface area contributed by atoms with Crippen molar-refractivity contribution in [3.8, 4) is 0 Å². The molecule has 0 amide bonds. The lowest BCUT2D eigenvalue weighted by Gasteiger charge is -2.10. The average molecular weight is 220 g/mol. The molecular formula is C10H9FN4O. The molecule has 0 saturated heterocycles. The summed E-state index contributed by atoms with van der Waals surface area (Å²) in [5.41, 5.74) is 0.462. The molecule has 0 radical (unpaired) electrons. The van der Waals surface area contributed by atoms with Crippen molar-refractivity contribution in [2.45, 2.75) is 18.9 Å². The van der Waals surface area contributed by atoms with Gasteiger partial charge in [0.2, 0.25) is 0 Å². The van der Waals surface area contributed by atoms with E-state index in [9.17, 15) is 9.18 Å². The highest BCUT2D eigenvalue weighted by molar-refractivity contribution is 5.19. The van der Waals surface area contributed by atoms with Gasteiger partial charge in [0.1, 0.15) is 11.6 Å². The van der Waals surface area contributed by atoms with Gasteiger partial charge in [0.25, 0.3) is 0 Å². The molecular weight excluding hydrogens is 211 g/mol. The van der Waals surface area contributed by atoms with Gasteiger partial charge in [-0.2, -0.15) is 5.10 Å². The van der Waals surface area contributed by atoms with Gasteiger partial charge in [-0.05, 0) is 18.1 Å². The number of nitrogens with zero attached hydrogens (tertiary/aromatic N) is 3. The lowest BCUT2D eigenvalue weighted by atomic mass is 10.1. The monoisotopic (exact) mass is 220 g/mol. The molecule has 1 aliphatic rings. The Kier molecular flexibility index (Phi) is 1.89. The summed E-state index contributed by atoms with van der Waals surface area (Å²) in [6.45, 7) is 0. The summed E-state index contributed by atoms with van der Waals surface area (Å²) >= 11 is 0. The van der Waals surface area contributed by atoms with E-state index in [0.717, 1.165) is 24.9 Å². The van der Waals surface area contributed by atoms with Gasteiger partial charge in [-0.3, -0.25) is 9.55 Å². The molecule has 5 nitrogen and oxygen atoms in total. The van der Waals surface area contributed by atoms with Crippen molar-refractivity contribution < 1.29 is 4.39 Å². The van der Waals surface area contributed by atoms with Crippen LogP contribution < -0.4 is 5.69 Å². The molecule has 1 atom stereocenters. The predicted molar refractivity (Wildman–Crippen MR) is 53.5 cm³/mol. The summed E-state index contributed by atoms with van der Waals surface area (Å²) in [6, 6.07) is 1.26. The minimum atomic E-state index is -0.387. The summed E-state index contributed by atoms with van der Waals surface area (Å²) in [6.07, 6.45) is 4.22. The molecule has 0 fully saturated rings. The average Bonchev–Trinajstić information content (AvgIpc) is 2.82. The Balaban J connectivity index is 2.10. The number of aromatic nitrogens is 4. The maximum atomic E-state index is 13.0. The zero-order valence-electron chi connectivity index (χ0n) is 8.35. The molecule has 1 aliphatic heterocycles. The SMILES string of the molecule is O=c1[nH]nc2n1[C@H](c1cncc(F)c1)CC2. The van der Waals surface area contributed by atoms with Crippen LogP contribution in [0.3, 0.4) is 0 Å². The van der Waals surface area contributed by atoms with Crippen LogP contribution in [0.15, 0.2) is 23.3 Å². The van der Waals surface area contributed by atoms with Crippen LogP contribution in [0.1, 0.15) is 23.9 Å². The van der Waals surface area contributed by atoms with E-state index in [1.54, 1.807) is 10.8 Å². The number of aromatic amines is 1. The number of rotatable bonds is 1. The summed E-state index contributed by atoms with van der Waals surface area (Å²) < 4.78 is 14.6. The molecule has 2 aromatic rings. The second-order valence-electron chi connectivity index (χ2n) is 3.81. The molecule has 6 heteroatoms. The summed E-state index contributed by atoms with van der Waals surface area (Å²) in [7, 11) is 0. The van der Waals surface area contributed by atoms with Crippen molar-refractivity contribution in [1.29, 1.82) is 0 Å². The number of hydrogen-bond acceptors (Lipinski definition) is 3. The van der Waals surface area contributed by atoms with Crippen LogP contribution in [-0.4, -0.2) is 19.7 Å². The summed E-state index contributed by atoms with van der Waals surface area (Å²) in [5, 5.41) is 6.30. The normalized spacial score (nSPS) is 18.7. The van der Waals surface area contributed by atoms with Crippen molar-refractivity contribution in [2.24, 2.45) is 0 Å². The second-order valence-corrected chi connectivity index (χ2v) is 3.81. The summed E-state index contributed by atoms with van der Waals surface area (Å²) in [4.78, 5) is 15.3. The minimum absolute atomic E-state index is 0.149. The van der Waals surface area contributed by atoms with Gasteiger partial charge in [0, 0.05) is 12.6 Å². The van der Waals surface area contributed by atoms with Gasteiger partial charge >= 0.3 is 5.69 Å². The molecule has 1 N–H and O–H groups in total. The zero-order valence-corrected chi connectivity index (χ0v) is 8.35. The summed E-state index contributed by atoms with van der Waals surface area (Å²) in [5.74, 6) is 0.335. The van der Waals surface area contributed by atoms with E-state index in [1.807, 2.05) is 0 Å². The highest BCUT2D eigenvalue weighted by Crippen LogP contribution is 2.28. The number of fused-ring (bicyclic) bond motifs is 1. The fraction of sp³-hybridized carbons (Fsp3) is 0.300. The van der Waals surface area contributed by atoms with Crippen molar-refractivity contribution in [3.63, 3.8) is 0 Å².